The van der Waals surface area contributed by atoms with Crippen molar-refractivity contribution in [3.63, 3.8) is 0 Å². The molecule has 0 N–H and O–H groups in total. The molecule has 0 aliphatic rings. The summed E-state index contributed by atoms with van der Waals surface area (Å²) < 4.78 is 5.63. The fourth-order valence-corrected chi connectivity index (χ4v) is 1.30. The lowest BCUT2D eigenvalue weighted by molar-refractivity contribution is 0.0343. The molecule has 0 saturated carbocycles. The molecule has 0 aliphatic carbocycles. The molecule has 12 heavy (non-hydrogen) atoms. The van der Waals surface area contributed by atoms with E-state index in [-0.39, 0.29) is 0 Å². The summed E-state index contributed by atoms with van der Waals surface area (Å²) in [6.45, 7) is 12.1. The first-order chi connectivity index (χ1) is 5.52. The Balaban J connectivity index is 3.60. The number of hydrogen-bond acceptors (Lipinski definition) is 1. The average molecular weight is 172 g/mol. The first-order valence-corrected chi connectivity index (χ1v) is 5.13. The van der Waals surface area contributed by atoms with Crippen LogP contribution < -0.4 is 0 Å². The van der Waals surface area contributed by atoms with Crippen molar-refractivity contribution in [3.05, 3.63) is 0 Å². The zero-order chi connectivity index (χ0) is 9.61. The van der Waals surface area contributed by atoms with Gasteiger partial charge in [-0.3, -0.25) is 0 Å². The van der Waals surface area contributed by atoms with Crippen LogP contribution in [0, 0.1) is 5.41 Å². The Bertz CT molecular complexity index is 108. The highest BCUT2D eigenvalue weighted by Gasteiger charge is 2.18. The molecule has 74 valence electrons. The zero-order valence-corrected chi connectivity index (χ0v) is 9.31. The van der Waals surface area contributed by atoms with E-state index in [0.29, 0.717) is 11.5 Å². The Morgan fingerprint density at radius 2 is 1.83 bits per heavy atom. The first-order valence-electron chi connectivity index (χ1n) is 5.13. The monoisotopic (exact) mass is 172 g/mol. The van der Waals surface area contributed by atoms with Crippen molar-refractivity contribution >= 4 is 0 Å². The van der Waals surface area contributed by atoms with E-state index < -0.39 is 0 Å². The molecule has 1 heteroatoms. The van der Waals surface area contributed by atoms with Crippen LogP contribution in [0.3, 0.4) is 0 Å². The Kier molecular flexibility index (Phi) is 5.56. The van der Waals surface area contributed by atoms with E-state index in [9.17, 15) is 0 Å². The van der Waals surface area contributed by atoms with Gasteiger partial charge in [0.25, 0.3) is 0 Å². The highest BCUT2D eigenvalue weighted by Crippen LogP contribution is 2.26. The van der Waals surface area contributed by atoms with Gasteiger partial charge in [0, 0.05) is 6.61 Å². The minimum absolute atomic E-state index is 0.417. The second-order valence-electron chi connectivity index (χ2n) is 4.40. The van der Waals surface area contributed by atoms with Crippen LogP contribution in [-0.2, 0) is 4.74 Å². The predicted octanol–water partition coefficient (Wildman–Crippen LogP) is 3.63. The summed E-state index contributed by atoms with van der Waals surface area (Å²) in [6.07, 6.45) is 3.94. The summed E-state index contributed by atoms with van der Waals surface area (Å²) in [4.78, 5) is 0. The van der Waals surface area contributed by atoms with Crippen LogP contribution in [0.5, 0.6) is 0 Å². The summed E-state index contributed by atoms with van der Waals surface area (Å²) in [7, 11) is 0. The van der Waals surface area contributed by atoms with E-state index in [1.807, 2.05) is 0 Å². The van der Waals surface area contributed by atoms with Gasteiger partial charge in [0.2, 0.25) is 0 Å². The van der Waals surface area contributed by atoms with E-state index in [2.05, 4.69) is 34.6 Å². The number of ether oxygens (including phenoxy) is 1. The van der Waals surface area contributed by atoms with Crippen LogP contribution >= 0.6 is 0 Å². The molecule has 0 aliphatic heterocycles. The van der Waals surface area contributed by atoms with Crippen molar-refractivity contribution in [2.24, 2.45) is 5.41 Å². The topological polar surface area (TPSA) is 9.23 Å². The molecule has 0 radical (unpaired) electrons. The van der Waals surface area contributed by atoms with Crippen molar-refractivity contribution in [2.45, 2.75) is 60.0 Å². The van der Waals surface area contributed by atoms with Crippen molar-refractivity contribution in [3.8, 4) is 0 Å². The smallest absolute Gasteiger partial charge is 0.0552 e. The van der Waals surface area contributed by atoms with Crippen LogP contribution in [0.4, 0.5) is 0 Å². The lowest BCUT2D eigenvalue weighted by Gasteiger charge is -2.26. The molecule has 0 bridgehead atoms. The van der Waals surface area contributed by atoms with Crippen molar-refractivity contribution in [2.75, 3.05) is 6.61 Å². The van der Waals surface area contributed by atoms with E-state index in [0.717, 1.165) is 13.0 Å². The summed E-state index contributed by atoms with van der Waals surface area (Å²) in [5.74, 6) is 0. The van der Waals surface area contributed by atoms with Crippen molar-refractivity contribution in [1.82, 2.24) is 0 Å². The van der Waals surface area contributed by atoms with Crippen LogP contribution in [0.2, 0.25) is 0 Å². The standard InChI is InChI=1S/C11H24O/c1-6-8-12-10(3)9-11(4,5)7-2/h10H,6-9H2,1-5H3. The molecule has 0 fully saturated rings. The molecule has 0 aromatic rings. The minimum Gasteiger partial charge on any atom is -0.378 e. The molecule has 0 saturated heterocycles. The second kappa shape index (κ2) is 5.58. The maximum atomic E-state index is 5.63. The summed E-state index contributed by atoms with van der Waals surface area (Å²) in [5.41, 5.74) is 0.438. The van der Waals surface area contributed by atoms with Crippen LogP contribution in [0.15, 0.2) is 0 Å². The van der Waals surface area contributed by atoms with Gasteiger partial charge in [-0.15, -0.1) is 0 Å². The van der Waals surface area contributed by atoms with Gasteiger partial charge in [0.15, 0.2) is 0 Å². The molecule has 0 amide bonds. The van der Waals surface area contributed by atoms with Gasteiger partial charge in [0.05, 0.1) is 6.10 Å². The second-order valence-corrected chi connectivity index (χ2v) is 4.40. The Morgan fingerprint density at radius 1 is 1.25 bits per heavy atom. The zero-order valence-electron chi connectivity index (χ0n) is 9.31. The lowest BCUT2D eigenvalue weighted by Crippen LogP contribution is -2.20. The Morgan fingerprint density at radius 3 is 2.25 bits per heavy atom. The maximum Gasteiger partial charge on any atom is 0.0552 e. The summed E-state index contributed by atoms with van der Waals surface area (Å²) >= 11 is 0. The van der Waals surface area contributed by atoms with Gasteiger partial charge >= 0.3 is 0 Å². The number of rotatable bonds is 6. The van der Waals surface area contributed by atoms with Gasteiger partial charge in [-0.2, -0.15) is 0 Å². The minimum atomic E-state index is 0.417. The third-order valence-corrected chi connectivity index (χ3v) is 2.40. The van der Waals surface area contributed by atoms with Gasteiger partial charge in [-0.1, -0.05) is 34.1 Å². The van der Waals surface area contributed by atoms with E-state index in [1.165, 1.54) is 12.8 Å². The molecule has 1 atom stereocenters. The SMILES string of the molecule is CCCOC(C)CC(C)(C)CC. The highest BCUT2D eigenvalue weighted by atomic mass is 16.5. The largest absolute Gasteiger partial charge is 0.378 e. The van der Waals surface area contributed by atoms with Crippen LogP contribution in [0.1, 0.15) is 53.9 Å². The first kappa shape index (κ1) is 12.0. The fourth-order valence-electron chi connectivity index (χ4n) is 1.30. The molecular weight excluding hydrogens is 148 g/mol. The van der Waals surface area contributed by atoms with Gasteiger partial charge in [-0.05, 0) is 25.2 Å². The maximum absolute atomic E-state index is 5.63. The fraction of sp³-hybridized carbons (Fsp3) is 1.00. The Labute approximate surface area is 77.5 Å². The molecule has 0 heterocycles. The van der Waals surface area contributed by atoms with Crippen molar-refractivity contribution < 1.29 is 4.74 Å². The van der Waals surface area contributed by atoms with E-state index in [1.54, 1.807) is 0 Å². The van der Waals surface area contributed by atoms with Gasteiger partial charge in [-0.25, -0.2) is 0 Å². The quantitative estimate of drug-likeness (QED) is 0.594. The summed E-state index contributed by atoms with van der Waals surface area (Å²) in [6, 6.07) is 0. The number of hydrogen-bond donors (Lipinski definition) is 0. The highest BCUT2D eigenvalue weighted by molar-refractivity contribution is 4.69. The van der Waals surface area contributed by atoms with Gasteiger partial charge < -0.3 is 4.74 Å². The Hall–Kier alpha value is -0.0400. The van der Waals surface area contributed by atoms with Crippen LogP contribution in [0.25, 0.3) is 0 Å². The molecule has 1 unspecified atom stereocenters. The summed E-state index contributed by atoms with van der Waals surface area (Å²) in [5, 5.41) is 0. The molecule has 0 aromatic carbocycles. The normalized spacial score (nSPS) is 14.8. The van der Waals surface area contributed by atoms with Crippen molar-refractivity contribution in [1.29, 1.82) is 0 Å². The molecule has 1 nitrogen and oxygen atoms in total. The van der Waals surface area contributed by atoms with E-state index in [4.69, 9.17) is 4.74 Å². The van der Waals surface area contributed by atoms with E-state index >= 15 is 0 Å². The third kappa shape index (κ3) is 5.59. The molecule has 0 rings (SSSR count). The molecule has 0 spiro atoms. The molecular formula is C11H24O. The molecule has 0 aromatic heterocycles. The lowest BCUT2D eigenvalue weighted by atomic mass is 9.84. The van der Waals surface area contributed by atoms with Gasteiger partial charge in [0.1, 0.15) is 0 Å². The average Bonchev–Trinajstić information content (AvgIpc) is 2.00. The predicted molar refractivity (Wildman–Crippen MR) is 54.4 cm³/mol. The van der Waals surface area contributed by atoms with Crippen LogP contribution in [-0.4, -0.2) is 12.7 Å². The third-order valence-electron chi connectivity index (χ3n) is 2.40.